The number of hydrogen-bond donors (Lipinski definition) is 1. The molecule has 2 aliphatic heterocycles. The van der Waals surface area contributed by atoms with E-state index in [0.717, 1.165) is 30.5 Å². The Bertz CT molecular complexity index is 598. The Hall–Kier alpha value is -0.910. The van der Waals surface area contributed by atoms with Gasteiger partial charge in [0.2, 0.25) is 10.0 Å². The maximum atomic E-state index is 12.7. The monoisotopic (exact) mass is 294 g/mol. The smallest absolute Gasteiger partial charge is 0.243 e. The molecule has 2 unspecified atom stereocenters. The Balaban J connectivity index is 1.86. The molecule has 2 fully saturated rings. The lowest BCUT2D eigenvalue weighted by Gasteiger charge is -2.24. The molecule has 1 N–H and O–H groups in total. The van der Waals surface area contributed by atoms with Gasteiger partial charge in [-0.1, -0.05) is 6.07 Å². The second-order valence-electron chi connectivity index (χ2n) is 6.03. The molecule has 1 aromatic carbocycles. The molecule has 4 nitrogen and oxygen atoms in total. The Kier molecular flexibility index (Phi) is 3.60. The first-order valence-electron chi connectivity index (χ1n) is 7.29. The van der Waals surface area contributed by atoms with Crippen molar-refractivity contribution in [2.75, 3.05) is 19.6 Å². The molecular formula is C15H22N2O2S. The largest absolute Gasteiger partial charge is 0.312 e. The second-order valence-corrected chi connectivity index (χ2v) is 7.97. The minimum absolute atomic E-state index is 0.338. The quantitative estimate of drug-likeness (QED) is 0.903. The lowest BCUT2D eigenvalue weighted by molar-refractivity contribution is 0.339. The van der Waals surface area contributed by atoms with Crippen molar-refractivity contribution in [3.63, 3.8) is 0 Å². The lowest BCUT2D eigenvalue weighted by atomic mass is 9.94. The van der Waals surface area contributed by atoms with Crippen LogP contribution in [0.5, 0.6) is 0 Å². The molecule has 0 saturated carbocycles. The van der Waals surface area contributed by atoms with Crippen molar-refractivity contribution < 1.29 is 8.42 Å². The first-order valence-corrected chi connectivity index (χ1v) is 8.73. The van der Waals surface area contributed by atoms with Gasteiger partial charge in [0.15, 0.2) is 0 Å². The number of benzene rings is 1. The van der Waals surface area contributed by atoms with Crippen molar-refractivity contribution in [3.8, 4) is 0 Å². The standard InChI is InChI=1S/C15H22N2O2S/c1-11-5-6-14(8-12(11)2)20(18,19)17-9-13-4-3-7-16-15(13)10-17/h5-6,8,13,15-16H,3-4,7,9-10H2,1-2H3. The Morgan fingerprint density at radius 2 is 2.00 bits per heavy atom. The molecular weight excluding hydrogens is 272 g/mol. The zero-order chi connectivity index (χ0) is 14.3. The Labute approximate surface area is 121 Å². The predicted octanol–water partition coefficient (Wildman–Crippen LogP) is 1.68. The Morgan fingerprint density at radius 3 is 2.70 bits per heavy atom. The number of rotatable bonds is 2. The predicted molar refractivity (Wildman–Crippen MR) is 79.2 cm³/mol. The molecule has 0 aliphatic carbocycles. The highest BCUT2D eigenvalue weighted by atomic mass is 32.2. The second kappa shape index (κ2) is 5.13. The number of fused-ring (bicyclic) bond motifs is 1. The van der Waals surface area contributed by atoms with Crippen LogP contribution < -0.4 is 5.32 Å². The van der Waals surface area contributed by atoms with Crippen LogP contribution in [0, 0.1) is 19.8 Å². The van der Waals surface area contributed by atoms with E-state index < -0.39 is 10.0 Å². The van der Waals surface area contributed by atoms with Crippen LogP contribution >= 0.6 is 0 Å². The summed E-state index contributed by atoms with van der Waals surface area (Å²) in [5.74, 6) is 0.477. The molecule has 20 heavy (non-hydrogen) atoms. The van der Waals surface area contributed by atoms with Crippen molar-refractivity contribution in [3.05, 3.63) is 29.3 Å². The molecule has 1 aromatic rings. The van der Waals surface area contributed by atoms with Gasteiger partial charge in [0.05, 0.1) is 4.90 Å². The first kappa shape index (κ1) is 14.0. The molecule has 0 aromatic heterocycles. The zero-order valence-electron chi connectivity index (χ0n) is 12.1. The van der Waals surface area contributed by atoms with Crippen LogP contribution in [0.25, 0.3) is 0 Å². The number of hydrogen-bond acceptors (Lipinski definition) is 3. The maximum Gasteiger partial charge on any atom is 0.243 e. The summed E-state index contributed by atoms with van der Waals surface area (Å²) >= 11 is 0. The van der Waals surface area contributed by atoms with Crippen molar-refractivity contribution in [1.82, 2.24) is 9.62 Å². The fourth-order valence-corrected chi connectivity index (χ4v) is 4.84. The summed E-state index contributed by atoms with van der Waals surface area (Å²) in [6, 6.07) is 5.75. The van der Waals surface area contributed by atoms with Crippen molar-refractivity contribution in [2.45, 2.75) is 37.6 Å². The van der Waals surface area contributed by atoms with Crippen molar-refractivity contribution in [2.24, 2.45) is 5.92 Å². The fourth-order valence-electron chi connectivity index (χ4n) is 3.23. The molecule has 2 atom stereocenters. The van der Waals surface area contributed by atoms with Crippen LogP contribution in [-0.4, -0.2) is 38.4 Å². The van der Waals surface area contributed by atoms with Crippen LogP contribution in [0.2, 0.25) is 0 Å². The minimum Gasteiger partial charge on any atom is -0.312 e. The fraction of sp³-hybridized carbons (Fsp3) is 0.600. The van der Waals surface area contributed by atoms with Gasteiger partial charge in [-0.2, -0.15) is 4.31 Å². The number of sulfonamides is 1. The van der Waals surface area contributed by atoms with E-state index in [4.69, 9.17) is 0 Å². The SMILES string of the molecule is Cc1ccc(S(=O)(=O)N2CC3CCCNC3C2)cc1C. The number of nitrogens with zero attached hydrogens (tertiary/aromatic N) is 1. The average Bonchev–Trinajstić information content (AvgIpc) is 2.86. The van der Waals surface area contributed by atoms with E-state index >= 15 is 0 Å². The zero-order valence-corrected chi connectivity index (χ0v) is 12.9. The summed E-state index contributed by atoms with van der Waals surface area (Å²) in [5.41, 5.74) is 2.15. The van der Waals surface area contributed by atoms with Gasteiger partial charge in [0.25, 0.3) is 0 Å². The van der Waals surface area contributed by atoms with Gasteiger partial charge in [0, 0.05) is 19.1 Å². The van der Waals surface area contributed by atoms with Gasteiger partial charge in [-0.3, -0.25) is 0 Å². The highest BCUT2D eigenvalue weighted by Crippen LogP contribution is 2.29. The molecule has 3 rings (SSSR count). The maximum absolute atomic E-state index is 12.7. The molecule has 0 spiro atoms. The van der Waals surface area contributed by atoms with Gasteiger partial charge in [-0.15, -0.1) is 0 Å². The number of piperidine rings is 1. The van der Waals surface area contributed by atoms with E-state index in [1.807, 2.05) is 19.9 Å². The van der Waals surface area contributed by atoms with Gasteiger partial charge >= 0.3 is 0 Å². The Morgan fingerprint density at radius 1 is 1.20 bits per heavy atom. The molecule has 2 aliphatic rings. The molecule has 5 heteroatoms. The van der Waals surface area contributed by atoms with Gasteiger partial charge in [-0.25, -0.2) is 8.42 Å². The third-order valence-corrected chi connectivity index (χ3v) is 6.51. The third-order valence-electron chi connectivity index (χ3n) is 4.68. The highest BCUT2D eigenvalue weighted by Gasteiger charge is 2.40. The molecule has 0 amide bonds. The van der Waals surface area contributed by atoms with E-state index in [9.17, 15) is 8.42 Å². The van der Waals surface area contributed by atoms with E-state index in [2.05, 4.69) is 5.32 Å². The van der Waals surface area contributed by atoms with Crippen LogP contribution in [-0.2, 0) is 10.0 Å². The van der Waals surface area contributed by atoms with E-state index in [-0.39, 0.29) is 0 Å². The van der Waals surface area contributed by atoms with Gasteiger partial charge in [-0.05, 0) is 62.4 Å². The van der Waals surface area contributed by atoms with Crippen LogP contribution in [0.4, 0.5) is 0 Å². The summed E-state index contributed by atoms with van der Waals surface area (Å²) in [6.07, 6.45) is 2.29. The summed E-state index contributed by atoms with van der Waals surface area (Å²) in [5, 5.41) is 3.45. The van der Waals surface area contributed by atoms with Gasteiger partial charge < -0.3 is 5.32 Å². The van der Waals surface area contributed by atoms with Crippen LogP contribution in [0.1, 0.15) is 24.0 Å². The highest BCUT2D eigenvalue weighted by molar-refractivity contribution is 7.89. The third kappa shape index (κ3) is 2.38. The molecule has 2 saturated heterocycles. The summed E-state index contributed by atoms with van der Waals surface area (Å²) < 4.78 is 27.1. The summed E-state index contributed by atoms with van der Waals surface area (Å²) in [6.45, 7) is 6.24. The summed E-state index contributed by atoms with van der Waals surface area (Å²) in [7, 11) is -3.34. The van der Waals surface area contributed by atoms with Crippen LogP contribution in [0.15, 0.2) is 23.1 Å². The normalized spacial score (nSPS) is 27.5. The molecule has 0 bridgehead atoms. The van der Waals surface area contributed by atoms with Crippen LogP contribution in [0.3, 0.4) is 0 Å². The van der Waals surface area contributed by atoms with Crippen molar-refractivity contribution in [1.29, 1.82) is 0 Å². The lowest BCUT2D eigenvalue weighted by Crippen LogP contribution is -2.41. The minimum atomic E-state index is -3.34. The molecule has 110 valence electrons. The van der Waals surface area contributed by atoms with Crippen molar-refractivity contribution >= 4 is 10.0 Å². The number of nitrogens with one attached hydrogen (secondary N) is 1. The summed E-state index contributed by atoms with van der Waals surface area (Å²) in [4.78, 5) is 0.430. The number of aryl methyl sites for hydroxylation is 2. The average molecular weight is 294 g/mol. The topological polar surface area (TPSA) is 49.4 Å². The van der Waals surface area contributed by atoms with Gasteiger partial charge in [0.1, 0.15) is 0 Å². The van der Waals surface area contributed by atoms with E-state index in [0.29, 0.717) is 29.9 Å². The molecule has 2 heterocycles. The molecule has 0 radical (unpaired) electrons. The first-order chi connectivity index (χ1) is 9.48. The van der Waals surface area contributed by atoms with E-state index in [1.165, 1.54) is 0 Å². The van der Waals surface area contributed by atoms with E-state index in [1.54, 1.807) is 16.4 Å².